The number of carbonyl (C=O) groups excluding carboxylic acids is 1. The highest BCUT2D eigenvalue weighted by molar-refractivity contribution is 5.85. The van der Waals surface area contributed by atoms with Gasteiger partial charge in [-0.25, -0.2) is 4.79 Å². The fraction of sp³-hybridized carbons (Fsp3) is 0.696. The van der Waals surface area contributed by atoms with Gasteiger partial charge in [0.15, 0.2) is 0 Å². The molecule has 1 aromatic carbocycles. The van der Waals surface area contributed by atoms with E-state index in [0.29, 0.717) is 12.4 Å². The summed E-state index contributed by atoms with van der Waals surface area (Å²) in [7, 11) is 3.34. The number of unbranched alkanes of at least 4 members (excludes halogenated alkanes) is 2. The quantitative estimate of drug-likeness (QED) is 0.450. The molecule has 0 N–H and O–H groups in total. The van der Waals surface area contributed by atoms with Gasteiger partial charge in [0.1, 0.15) is 18.1 Å². The molecule has 168 valence electrons. The van der Waals surface area contributed by atoms with E-state index >= 15 is 0 Å². The highest BCUT2D eigenvalue weighted by Crippen LogP contribution is 2.34. The van der Waals surface area contributed by atoms with E-state index < -0.39 is 0 Å². The summed E-state index contributed by atoms with van der Waals surface area (Å²) in [5, 5.41) is 0. The number of amides is 1. The Morgan fingerprint density at radius 1 is 1.00 bits per heavy atom. The molecule has 0 unspecified atom stereocenters. The van der Waals surface area contributed by atoms with Crippen molar-refractivity contribution in [3.05, 3.63) is 23.8 Å². The van der Waals surface area contributed by atoms with E-state index in [2.05, 4.69) is 39.5 Å². The average molecular weight is 429 g/mol. The molecule has 0 fully saturated rings. The van der Waals surface area contributed by atoms with Crippen LogP contribution in [0.2, 0.25) is 0 Å². The van der Waals surface area contributed by atoms with E-state index in [1.165, 1.54) is 30.6 Å². The van der Waals surface area contributed by atoms with Crippen LogP contribution in [0.5, 0.6) is 11.5 Å². The van der Waals surface area contributed by atoms with Crippen molar-refractivity contribution < 1.29 is 14.3 Å². The summed E-state index contributed by atoms with van der Waals surface area (Å²) in [6.45, 7) is 14.7. The molecule has 0 aliphatic heterocycles. The molecule has 0 saturated heterocycles. The molecule has 0 radical (unpaired) electrons. The van der Waals surface area contributed by atoms with E-state index in [4.69, 9.17) is 9.47 Å². The van der Waals surface area contributed by atoms with E-state index in [0.717, 1.165) is 30.9 Å². The molecule has 29 heavy (non-hydrogen) atoms. The first-order chi connectivity index (χ1) is 13.2. The summed E-state index contributed by atoms with van der Waals surface area (Å²) in [6, 6.07) is 5.67. The molecule has 0 saturated carbocycles. The molecule has 1 aromatic rings. The van der Waals surface area contributed by atoms with E-state index in [-0.39, 0.29) is 23.9 Å². The van der Waals surface area contributed by atoms with Crippen molar-refractivity contribution >= 4 is 18.5 Å². The SMILES string of the molecule is CCCCN(CCCC)CCOc1cc(OC(=O)N(C)C)ccc1C(C)(C)C.Cl. The average Bonchev–Trinajstić information content (AvgIpc) is 2.62. The van der Waals surface area contributed by atoms with Gasteiger partial charge in [0.25, 0.3) is 0 Å². The Kier molecular flexibility index (Phi) is 13.0. The fourth-order valence-corrected chi connectivity index (χ4v) is 2.88. The third kappa shape index (κ3) is 10.2. The lowest BCUT2D eigenvalue weighted by molar-refractivity contribution is 0.171. The van der Waals surface area contributed by atoms with Gasteiger partial charge in [-0.05, 0) is 43.0 Å². The van der Waals surface area contributed by atoms with Gasteiger partial charge in [0.05, 0.1) is 0 Å². The smallest absolute Gasteiger partial charge is 0.414 e. The maximum Gasteiger partial charge on any atom is 0.414 e. The molecule has 6 heteroatoms. The van der Waals surface area contributed by atoms with Crippen LogP contribution in [-0.2, 0) is 5.41 Å². The van der Waals surface area contributed by atoms with Gasteiger partial charge in [-0.1, -0.05) is 53.5 Å². The molecule has 0 heterocycles. The zero-order valence-electron chi connectivity index (χ0n) is 19.4. The van der Waals surface area contributed by atoms with Crippen molar-refractivity contribution in [2.24, 2.45) is 0 Å². The van der Waals surface area contributed by atoms with Gasteiger partial charge in [-0.2, -0.15) is 0 Å². The first kappa shape index (κ1) is 27.5. The highest BCUT2D eigenvalue weighted by atomic mass is 35.5. The molecule has 0 aliphatic carbocycles. The lowest BCUT2D eigenvalue weighted by atomic mass is 9.86. The first-order valence-electron chi connectivity index (χ1n) is 10.6. The second-order valence-corrected chi connectivity index (χ2v) is 8.57. The molecule has 0 aromatic heterocycles. The van der Waals surface area contributed by atoms with Crippen molar-refractivity contribution in [2.45, 2.75) is 65.7 Å². The van der Waals surface area contributed by atoms with E-state index in [9.17, 15) is 4.79 Å². The van der Waals surface area contributed by atoms with Crippen molar-refractivity contribution in [3.63, 3.8) is 0 Å². The van der Waals surface area contributed by atoms with Crippen LogP contribution in [-0.4, -0.2) is 56.2 Å². The van der Waals surface area contributed by atoms with Gasteiger partial charge < -0.3 is 14.4 Å². The number of rotatable bonds is 11. The van der Waals surface area contributed by atoms with Crippen LogP contribution in [0, 0.1) is 0 Å². The van der Waals surface area contributed by atoms with Crippen LogP contribution in [0.25, 0.3) is 0 Å². The summed E-state index contributed by atoms with van der Waals surface area (Å²) in [6.07, 6.45) is 4.45. The number of ether oxygens (including phenoxy) is 2. The van der Waals surface area contributed by atoms with Crippen LogP contribution in [0.15, 0.2) is 18.2 Å². The summed E-state index contributed by atoms with van der Waals surface area (Å²) in [5.41, 5.74) is 1.06. The lowest BCUT2D eigenvalue weighted by Crippen LogP contribution is -2.30. The zero-order chi connectivity index (χ0) is 21.2. The summed E-state index contributed by atoms with van der Waals surface area (Å²) >= 11 is 0. The van der Waals surface area contributed by atoms with E-state index in [1.807, 2.05) is 18.2 Å². The molecule has 0 atom stereocenters. The van der Waals surface area contributed by atoms with Crippen LogP contribution in [0.3, 0.4) is 0 Å². The number of carbonyl (C=O) groups is 1. The number of hydrogen-bond acceptors (Lipinski definition) is 4. The molecular formula is C23H41ClN2O3. The minimum Gasteiger partial charge on any atom is -0.492 e. The monoisotopic (exact) mass is 428 g/mol. The predicted octanol–water partition coefficient (Wildman–Crippen LogP) is 5.75. The Morgan fingerprint density at radius 2 is 1.59 bits per heavy atom. The van der Waals surface area contributed by atoms with Crippen LogP contribution < -0.4 is 9.47 Å². The summed E-state index contributed by atoms with van der Waals surface area (Å²) in [5.74, 6) is 1.30. The lowest BCUT2D eigenvalue weighted by Gasteiger charge is -2.25. The van der Waals surface area contributed by atoms with Gasteiger partial charge in [-0.15, -0.1) is 12.4 Å². The molecule has 1 rings (SSSR count). The van der Waals surface area contributed by atoms with Crippen LogP contribution in [0.1, 0.15) is 65.9 Å². The van der Waals surface area contributed by atoms with Crippen LogP contribution in [0.4, 0.5) is 4.79 Å². The van der Waals surface area contributed by atoms with Gasteiger partial charge in [-0.3, -0.25) is 4.90 Å². The van der Waals surface area contributed by atoms with Gasteiger partial charge in [0, 0.05) is 26.7 Å². The summed E-state index contributed by atoms with van der Waals surface area (Å²) < 4.78 is 11.6. The largest absolute Gasteiger partial charge is 0.492 e. The third-order valence-electron chi connectivity index (χ3n) is 4.65. The Hall–Kier alpha value is -1.46. The number of halogens is 1. The first-order valence-corrected chi connectivity index (χ1v) is 10.6. The highest BCUT2D eigenvalue weighted by Gasteiger charge is 2.20. The van der Waals surface area contributed by atoms with Crippen molar-refractivity contribution in [3.8, 4) is 11.5 Å². The predicted molar refractivity (Wildman–Crippen MR) is 124 cm³/mol. The second kappa shape index (κ2) is 13.7. The molecule has 5 nitrogen and oxygen atoms in total. The maximum atomic E-state index is 11.9. The Morgan fingerprint density at radius 3 is 2.07 bits per heavy atom. The fourth-order valence-electron chi connectivity index (χ4n) is 2.88. The minimum atomic E-state index is -0.389. The van der Waals surface area contributed by atoms with Gasteiger partial charge in [0.2, 0.25) is 0 Å². The zero-order valence-corrected chi connectivity index (χ0v) is 20.2. The summed E-state index contributed by atoms with van der Waals surface area (Å²) in [4.78, 5) is 15.8. The maximum absolute atomic E-state index is 11.9. The molecule has 0 bridgehead atoms. The van der Waals surface area contributed by atoms with E-state index in [1.54, 1.807) is 14.1 Å². The van der Waals surface area contributed by atoms with Crippen molar-refractivity contribution in [1.82, 2.24) is 9.80 Å². The number of hydrogen-bond donors (Lipinski definition) is 0. The minimum absolute atomic E-state index is 0. The normalized spacial score (nSPS) is 11.2. The Balaban J connectivity index is 0.00000784. The molecule has 1 amide bonds. The number of benzene rings is 1. The Labute approximate surface area is 184 Å². The van der Waals surface area contributed by atoms with Crippen molar-refractivity contribution in [2.75, 3.05) is 40.3 Å². The van der Waals surface area contributed by atoms with Gasteiger partial charge >= 0.3 is 6.09 Å². The van der Waals surface area contributed by atoms with Crippen LogP contribution >= 0.6 is 12.4 Å². The third-order valence-corrected chi connectivity index (χ3v) is 4.65. The van der Waals surface area contributed by atoms with Crippen molar-refractivity contribution in [1.29, 1.82) is 0 Å². The Bertz CT molecular complexity index is 592. The molecule has 0 aliphatic rings. The number of nitrogens with zero attached hydrogens (tertiary/aromatic N) is 2. The molecular weight excluding hydrogens is 388 g/mol. The standard InChI is InChI=1S/C23H40N2O3.ClH/c1-8-10-14-25(15-11-9-2)16-17-27-21-18-19(28-22(26)24(6)7)12-13-20(21)23(3,4)5;/h12-13,18H,8-11,14-17H2,1-7H3;1H. The second-order valence-electron chi connectivity index (χ2n) is 8.57. The topological polar surface area (TPSA) is 42.0 Å². The molecule has 0 spiro atoms.